The number of halogens is 1. The van der Waals surface area contributed by atoms with Crippen LogP contribution in [-0.4, -0.2) is 26.6 Å². The molecule has 0 fully saturated rings. The van der Waals surface area contributed by atoms with Crippen LogP contribution in [0.3, 0.4) is 0 Å². The van der Waals surface area contributed by atoms with Gasteiger partial charge >= 0.3 is 0 Å². The number of rotatable bonds is 6. The van der Waals surface area contributed by atoms with Gasteiger partial charge in [-0.25, -0.2) is 0 Å². The summed E-state index contributed by atoms with van der Waals surface area (Å²) in [4.78, 5) is 0. The Morgan fingerprint density at radius 1 is 1.27 bits per heavy atom. The normalized spacial score (nSPS) is 11.8. The van der Waals surface area contributed by atoms with Crippen LogP contribution in [0, 0.1) is 0 Å². The van der Waals surface area contributed by atoms with Crippen molar-refractivity contribution in [2.24, 2.45) is 0 Å². The van der Waals surface area contributed by atoms with Gasteiger partial charge in [0, 0.05) is 5.33 Å². The van der Waals surface area contributed by atoms with E-state index in [1.165, 1.54) is 0 Å². The van der Waals surface area contributed by atoms with Crippen LogP contribution in [-0.2, 0) is 14.3 Å². The smallest absolute Gasteiger partial charge is 0.264 e. The zero-order valence-electron chi connectivity index (χ0n) is 6.55. The molecule has 0 aliphatic rings. The fraction of sp³-hybridized carbons (Fsp3) is 1.00. The third-order valence-electron chi connectivity index (χ3n) is 1.08. The Balaban J connectivity index is 3.16. The fourth-order valence-corrected chi connectivity index (χ4v) is 1.40. The standard InChI is InChI=1S/C6H13BrO3S/c1-11(8,9)10-6-4-2-3-5-7/h2-6H2,1H3. The topological polar surface area (TPSA) is 43.4 Å². The summed E-state index contributed by atoms with van der Waals surface area (Å²) in [7, 11) is -3.22. The van der Waals surface area contributed by atoms with Gasteiger partial charge < -0.3 is 0 Å². The Hall–Kier alpha value is 0.390. The number of hydrogen-bond acceptors (Lipinski definition) is 3. The van der Waals surface area contributed by atoms with Gasteiger partial charge in [-0.3, -0.25) is 4.18 Å². The molecule has 0 aromatic rings. The molecule has 0 unspecified atom stereocenters. The van der Waals surface area contributed by atoms with Gasteiger partial charge in [0.25, 0.3) is 10.1 Å². The minimum absolute atomic E-state index is 0.311. The third-order valence-corrected chi connectivity index (χ3v) is 2.23. The first-order valence-electron chi connectivity index (χ1n) is 3.46. The molecular weight excluding hydrogens is 232 g/mol. The molecule has 68 valence electrons. The van der Waals surface area contributed by atoms with Crippen molar-refractivity contribution < 1.29 is 12.6 Å². The monoisotopic (exact) mass is 244 g/mol. The second kappa shape index (κ2) is 5.97. The lowest BCUT2D eigenvalue weighted by atomic mass is 10.3. The van der Waals surface area contributed by atoms with E-state index in [1.807, 2.05) is 0 Å². The molecule has 5 heteroatoms. The maximum atomic E-state index is 10.4. The van der Waals surface area contributed by atoms with E-state index in [-0.39, 0.29) is 0 Å². The van der Waals surface area contributed by atoms with E-state index in [1.54, 1.807) is 0 Å². The molecule has 0 aliphatic carbocycles. The van der Waals surface area contributed by atoms with Crippen molar-refractivity contribution in [3.05, 3.63) is 0 Å². The molecular formula is C6H13BrO3S. The van der Waals surface area contributed by atoms with E-state index in [0.717, 1.165) is 30.8 Å². The van der Waals surface area contributed by atoms with Gasteiger partial charge in [-0.1, -0.05) is 22.4 Å². The zero-order valence-corrected chi connectivity index (χ0v) is 8.95. The Labute approximate surface area is 76.4 Å². The third kappa shape index (κ3) is 10.4. The molecule has 0 radical (unpaired) electrons. The molecule has 0 spiro atoms. The lowest BCUT2D eigenvalue weighted by molar-refractivity contribution is 0.311. The quantitative estimate of drug-likeness (QED) is 0.405. The van der Waals surface area contributed by atoms with Crippen LogP contribution < -0.4 is 0 Å². The predicted molar refractivity (Wildman–Crippen MR) is 48.4 cm³/mol. The summed E-state index contributed by atoms with van der Waals surface area (Å²) in [6, 6.07) is 0. The first-order chi connectivity index (χ1) is 5.06. The van der Waals surface area contributed by atoms with Crippen LogP contribution in [0.2, 0.25) is 0 Å². The fourth-order valence-electron chi connectivity index (χ4n) is 0.584. The van der Waals surface area contributed by atoms with Gasteiger partial charge in [0.05, 0.1) is 12.9 Å². The molecule has 0 aromatic carbocycles. The number of hydrogen-bond donors (Lipinski definition) is 0. The molecule has 0 amide bonds. The van der Waals surface area contributed by atoms with Crippen LogP contribution in [0.1, 0.15) is 19.3 Å². The van der Waals surface area contributed by atoms with Gasteiger partial charge in [0.15, 0.2) is 0 Å². The maximum Gasteiger partial charge on any atom is 0.264 e. The van der Waals surface area contributed by atoms with Crippen LogP contribution >= 0.6 is 15.9 Å². The van der Waals surface area contributed by atoms with E-state index >= 15 is 0 Å². The lowest BCUT2D eigenvalue weighted by Crippen LogP contribution is -2.03. The minimum Gasteiger partial charge on any atom is -0.270 e. The van der Waals surface area contributed by atoms with Crippen molar-refractivity contribution in [2.75, 3.05) is 18.2 Å². The van der Waals surface area contributed by atoms with E-state index in [9.17, 15) is 8.42 Å². The Morgan fingerprint density at radius 2 is 1.91 bits per heavy atom. The molecule has 0 N–H and O–H groups in total. The van der Waals surface area contributed by atoms with Gasteiger partial charge in [-0.2, -0.15) is 8.42 Å². The van der Waals surface area contributed by atoms with Gasteiger partial charge in [-0.15, -0.1) is 0 Å². The summed E-state index contributed by atoms with van der Waals surface area (Å²) in [6.07, 6.45) is 3.93. The summed E-state index contributed by atoms with van der Waals surface area (Å²) in [5, 5.41) is 0.964. The van der Waals surface area contributed by atoms with Crippen molar-refractivity contribution in [1.29, 1.82) is 0 Å². The summed E-state index contributed by atoms with van der Waals surface area (Å²) in [5.74, 6) is 0. The molecule has 0 heterocycles. The average Bonchev–Trinajstić information content (AvgIpc) is 1.85. The Bertz CT molecular complexity index is 176. The average molecular weight is 245 g/mol. The SMILES string of the molecule is CS(=O)(=O)OCCCCCBr. The van der Waals surface area contributed by atoms with Crippen LogP contribution in [0.4, 0.5) is 0 Å². The molecule has 0 saturated carbocycles. The van der Waals surface area contributed by atoms with Crippen LogP contribution in [0.15, 0.2) is 0 Å². The number of unbranched alkanes of at least 4 members (excludes halogenated alkanes) is 2. The molecule has 0 bridgehead atoms. The minimum atomic E-state index is -3.22. The van der Waals surface area contributed by atoms with Gasteiger partial charge in [0.2, 0.25) is 0 Å². The van der Waals surface area contributed by atoms with E-state index in [2.05, 4.69) is 20.1 Å². The highest BCUT2D eigenvalue weighted by Crippen LogP contribution is 1.99. The van der Waals surface area contributed by atoms with Crippen molar-refractivity contribution in [3.8, 4) is 0 Å². The first kappa shape index (κ1) is 11.4. The highest BCUT2D eigenvalue weighted by Gasteiger charge is 1.99. The largest absolute Gasteiger partial charge is 0.270 e. The molecule has 11 heavy (non-hydrogen) atoms. The van der Waals surface area contributed by atoms with Crippen molar-refractivity contribution in [2.45, 2.75) is 19.3 Å². The van der Waals surface area contributed by atoms with Crippen LogP contribution in [0.5, 0.6) is 0 Å². The zero-order chi connectivity index (χ0) is 8.74. The lowest BCUT2D eigenvalue weighted by Gasteiger charge is -1.99. The molecule has 0 atom stereocenters. The van der Waals surface area contributed by atoms with E-state index in [4.69, 9.17) is 0 Å². The van der Waals surface area contributed by atoms with Crippen LogP contribution in [0.25, 0.3) is 0 Å². The Morgan fingerprint density at radius 3 is 2.36 bits per heavy atom. The van der Waals surface area contributed by atoms with Crippen molar-refractivity contribution in [1.82, 2.24) is 0 Å². The summed E-state index contributed by atoms with van der Waals surface area (Å²) < 4.78 is 25.4. The second-order valence-electron chi connectivity index (χ2n) is 2.28. The molecule has 0 saturated heterocycles. The molecule has 3 nitrogen and oxygen atoms in total. The van der Waals surface area contributed by atoms with Crippen molar-refractivity contribution in [3.63, 3.8) is 0 Å². The molecule has 0 aliphatic heterocycles. The molecule has 0 rings (SSSR count). The summed E-state index contributed by atoms with van der Waals surface area (Å²) in [6.45, 7) is 0.311. The Kier molecular flexibility index (Phi) is 6.18. The van der Waals surface area contributed by atoms with Crippen molar-refractivity contribution >= 4 is 26.0 Å². The molecule has 0 aromatic heterocycles. The van der Waals surface area contributed by atoms with E-state index < -0.39 is 10.1 Å². The summed E-state index contributed by atoms with van der Waals surface area (Å²) in [5.41, 5.74) is 0. The first-order valence-corrected chi connectivity index (χ1v) is 6.40. The van der Waals surface area contributed by atoms with E-state index in [0.29, 0.717) is 6.61 Å². The van der Waals surface area contributed by atoms with Gasteiger partial charge in [0.1, 0.15) is 0 Å². The number of alkyl halides is 1. The summed E-state index contributed by atoms with van der Waals surface area (Å²) >= 11 is 3.28. The highest BCUT2D eigenvalue weighted by atomic mass is 79.9. The predicted octanol–water partition coefficient (Wildman–Crippen LogP) is 1.53. The highest BCUT2D eigenvalue weighted by molar-refractivity contribution is 9.09. The maximum absolute atomic E-state index is 10.4. The second-order valence-corrected chi connectivity index (χ2v) is 4.71. The van der Waals surface area contributed by atoms with Gasteiger partial charge in [-0.05, 0) is 12.8 Å².